The molecule has 2 atom stereocenters. The smallest absolute Gasteiger partial charge is 0.193 e. The number of ether oxygens (including phenoxy) is 3. The summed E-state index contributed by atoms with van der Waals surface area (Å²) in [5.41, 5.74) is 1.30. The van der Waals surface area contributed by atoms with E-state index < -0.39 is 0 Å². The van der Waals surface area contributed by atoms with Crippen molar-refractivity contribution in [2.45, 2.75) is 37.9 Å². The SMILES string of the molecule is CN=C(NCCCc1cccc(OC)c1)N1CCOC(C2CCCO2)C1. The van der Waals surface area contributed by atoms with Crippen molar-refractivity contribution < 1.29 is 14.2 Å². The third-order valence-corrected chi connectivity index (χ3v) is 5.04. The zero-order chi connectivity index (χ0) is 18.2. The van der Waals surface area contributed by atoms with E-state index in [2.05, 4.69) is 27.3 Å². The highest BCUT2D eigenvalue weighted by molar-refractivity contribution is 5.80. The Morgan fingerprint density at radius 3 is 2.96 bits per heavy atom. The molecule has 0 aliphatic carbocycles. The first-order valence-corrected chi connectivity index (χ1v) is 9.62. The zero-order valence-corrected chi connectivity index (χ0v) is 15.9. The van der Waals surface area contributed by atoms with Crippen molar-refractivity contribution in [2.24, 2.45) is 4.99 Å². The van der Waals surface area contributed by atoms with E-state index in [1.807, 2.05) is 19.2 Å². The second kappa shape index (κ2) is 9.78. The summed E-state index contributed by atoms with van der Waals surface area (Å²) in [6, 6.07) is 8.26. The molecule has 0 saturated carbocycles. The van der Waals surface area contributed by atoms with E-state index in [1.165, 1.54) is 5.56 Å². The van der Waals surface area contributed by atoms with E-state index in [0.29, 0.717) is 0 Å². The lowest BCUT2D eigenvalue weighted by Gasteiger charge is -2.37. The predicted octanol–water partition coefficient (Wildman–Crippen LogP) is 2.08. The largest absolute Gasteiger partial charge is 0.497 e. The molecule has 0 bridgehead atoms. The van der Waals surface area contributed by atoms with E-state index in [0.717, 1.165) is 70.2 Å². The molecule has 2 aliphatic rings. The number of guanidine groups is 1. The number of rotatable bonds is 6. The molecule has 1 N–H and O–H groups in total. The number of hydrogen-bond acceptors (Lipinski definition) is 4. The minimum absolute atomic E-state index is 0.154. The third kappa shape index (κ3) is 5.11. The van der Waals surface area contributed by atoms with Crippen molar-refractivity contribution in [3.05, 3.63) is 29.8 Å². The van der Waals surface area contributed by atoms with E-state index in [4.69, 9.17) is 14.2 Å². The number of morpholine rings is 1. The van der Waals surface area contributed by atoms with Gasteiger partial charge in [0.25, 0.3) is 0 Å². The van der Waals surface area contributed by atoms with Gasteiger partial charge in [0, 0.05) is 33.3 Å². The van der Waals surface area contributed by atoms with E-state index in [-0.39, 0.29) is 12.2 Å². The molecule has 2 fully saturated rings. The highest BCUT2D eigenvalue weighted by atomic mass is 16.5. The Morgan fingerprint density at radius 2 is 2.19 bits per heavy atom. The van der Waals surface area contributed by atoms with Gasteiger partial charge in [0.1, 0.15) is 11.9 Å². The quantitative estimate of drug-likeness (QED) is 0.478. The Labute approximate surface area is 156 Å². The van der Waals surface area contributed by atoms with Crippen LogP contribution in [0.2, 0.25) is 0 Å². The molecule has 1 aromatic rings. The van der Waals surface area contributed by atoms with Crippen LogP contribution < -0.4 is 10.1 Å². The van der Waals surface area contributed by atoms with Gasteiger partial charge in [0.2, 0.25) is 0 Å². The van der Waals surface area contributed by atoms with Gasteiger partial charge in [-0.3, -0.25) is 4.99 Å². The van der Waals surface area contributed by atoms with Crippen molar-refractivity contribution in [2.75, 3.05) is 47.0 Å². The number of hydrogen-bond donors (Lipinski definition) is 1. The molecule has 3 rings (SSSR count). The van der Waals surface area contributed by atoms with Gasteiger partial charge in [0.05, 0.1) is 19.8 Å². The predicted molar refractivity (Wildman–Crippen MR) is 103 cm³/mol. The zero-order valence-electron chi connectivity index (χ0n) is 15.9. The van der Waals surface area contributed by atoms with Gasteiger partial charge < -0.3 is 24.4 Å². The Kier molecular flexibility index (Phi) is 7.14. The van der Waals surface area contributed by atoms with Gasteiger partial charge in [-0.2, -0.15) is 0 Å². The molecule has 0 aromatic heterocycles. The molecule has 0 amide bonds. The number of nitrogens with one attached hydrogen (secondary N) is 1. The van der Waals surface area contributed by atoms with Gasteiger partial charge in [0.15, 0.2) is 5.96 Å². The summed E-state index contributed by atoms with van der Waals surface area (Å²) in [6.45, 7) is 4.21. The monoisotopic (exact) mass is 361 g/mol. The maximum Gasteiger partial charge on any atom is 0.193 e. The van der Waals surface area contributed by atoms with Crippen LogP contribution in [0, 0.1) is 0 Å². The molecule has 2 aliphatic heterocycles. The molecule has 26 heavy (non-hydrogen) atoms. The normalized spacial score (nSPS) is 23.9. The summed E-state index contributed by atoms with van der Waals surface area (Å²) in [5.74, 6) is 1.88. The van der Waals surface area contributed by atoms with Crippen LogP contribution in [0.25, 0.3) is 0 Å². The van der Waals surface area contributed by atoms with Crippen LogP contribution >= 0.6 is 0 Å². The second-order valence-electron chi connectivity index (χ2n) is 6.84. The third-order valence-electron chi connectivity index (χ3n) is 5.04. The number of benzene rings is 1. The van der Waals surface area contributed by atoms with Crippen LogP contribution in [0.15, 0.2) is 29.3 Å². The Hall–Kier alpha value is -1.79. The Bertz CT molecular complexity index is 587. The molecular formula is C20H31N3O3. The van der Waals surface area contributed by atoms with Crippen LogP contribution in [-0.4, -0.2) is 70.1 Å². The molecular weight excluding hydrogens is 330 g/mol. The lowest BCUT2D eigenvalue weighted by atomic mass is 10.1. The number of aliphatic imine (C=N–C) groups is 1. The fraction of sp³-hybridized carbons (Fsp3) is 0.650. The molecule has 1 aromatic carbocycles. The molecule has 6 nitrogen and oxygen atoms in total. The average Bonchev–Trinajstić information content (AvgIpc) is 3.23. The Morgan fingerprint density at radius 1 is 1.31 bits per heavy atom. The average molecular weight is 361 g/mol. The van der Waals surface area contributed by atoms with Gasteiger partial charge in [-0.05, 0) is 43.4 Å². The van der Waals surface area contributed by atoms with Crippen LogP contribution in [0.3, 0.4) is 0 Å². The van der Waals surface area contributed by atoms with E-state index >= 15 is 0 Å². The van der Waals surface area contributed by atoms with Crippen LogP contribution in [0.1, 0.15) is 24.8 Å². The lowest BCUT2D eigenvalue weighted by molar-refractivity contribution is -0.0816. The van der Waals surface area contributed by atoms with Crippen molar-refractivity contribution in [3.63, 3.8) is 0 Å². The molecule has 2 unspecified atom stereocenters. The highest BCUT2D eigenvalue weighted by Crippen LogP contribution is 2.21. The second-order valence-corrected chi connectivity index (χ2v) is 6.84. The highest BCUT2D eigenvalue weighted by Gasteiger charge is 2.32. The fourth-order valence-corrected chi connectivity index (χ4v) is 3.64. The summed E-state index contributed by atoms with van der Waals surface area (Å²) in [7, 11) is 3.55. The van der Waals surface area contributed by atoms with Crippen molar-refractivity contribution in [1.29, 1.82) is 0 Å². The van der Waals surface area contributed by atoms with Crippen molar-refractivity contribution >= 4 is 5.96 Å². The minimum Gasteiger partial charge on any atom is -0.497 e. The standard InChI is InChI=1S/C20H31N3O3/c1-21-20(22-10-4-7-16-6-3-8-17(14-16)24-2)23-11-13-26-19(15-23)18-9-5-12-25-18/h3,6,8,14,18-19H,4-5,7,9-13,15H2,1-2H3,(H,21,22). The first-order valence-electron chi connectivity index (χ1n) is 9.62. The lowest BCUT2D eigenvalue weighted by Crippen LogP contribution is -2.53. The van der Waals surface area contributed by atoms with Gasteiger partial charge in [-0.1, -0.05) is 12.1 Å². The van der Waals surface area contributed by atoms with Gasteiger partial charge in [-0.15, -0.1) is 0 Å². The number of aryl methyl sites for hydroxylation is 1. The van der Waals surface area contributed by atoms with Gasteiger partial charge in [-0.25, -0.2) is 0 Å². The first-order chi connectivity index (χ1) is 12.8. The van der Waals surface area contributed by atoms with Crippen molar-refractivity contribution in [1.82, 2.24) is 10.2 Å². The van der Waals surface area contributed by atoms with E-state index in [9.17, 15) is 0 Å². The van der Waals surface area contributed by atoms with Crippen LogP contribution in [0.5, 0.6) is 5.75 Å². The topological polar surface area (TPSA) is 55.3 Å². The van der Waals surface area contributed by atoms with Crippen LogP contribution in [-0.2, 0) is 15.9 Å². The molecule has 0 radical (unpaired) electrons. The van der Waals surface area contributed by atoms with Gasteiger partial charge >= 0.3 is 0 Å². The minimum atomic E-state index is 0.154. The maximum absolute atomic E-state index is 5.93. The summed E-state index contributed by atoms with van der Waals surface area (Å²) in [4.78, 5) is 6.75. The summed E-state index contributed by atoms with van der Waals surface area (Å²) in [5, 5.41) is 3.50. The van der Waals surface area contributed by atoms with Crippen LogP contribution in [0.4, 0.5) is 0 Å². The van der Waals surface area contributed by atoms with Crippen molar-refractivity contribution in [3.8, 4) is 5.75 Å². The fourth-order valence-electron chi connectivity index (χ4n) is 3.64. The molecule has 2 saturated heterocycles. The molecule has 6 heteroatoms. The summed E-state index contributed by atoms with van der Waals surface area (Å²) in [6.07, 6.45) is 4.70. The number of nitrogens with zero attached hydrogens (tertiary/aromatic N) is 2. The molecule has 0 spiro atoms. The maximum atomic E-state index is 5.93. The number of methoxy groups -OCH3 is 1. The molecule has 2 heterocycles. The summed E-state index contributed by atoms with van der Waals surface area (Å²) < 4.78 is 17.0. The summed E-state index contributed by atoms with van der Waals surface area (Å²) >= 11 is 0. The first kappa shape index (κ1) is 19.0. The van der Waals surface area contributed by atoms with E-state index in [1.54, 1.807) is 7.11 Å². The molecule has 144 valence electrons. The Balaban J connectivity index is 1.43.